The maximum atomic E-state index is 11.9. The standard InChI is InChI=1S/C13H19BrN2O2S/c14-12-2-1-11(19-12)3-6-15-13(18)16-7-4-10(9-17)5-8-16/h1-2,10,17H,3-9H2,(H,15,18). The Morgan fingerprint density at radius 2 is 2.21 bits per heavy atom. The van der Waals surface area contributed by atoms with Gasteiger partial charge in [-0.3, -0.25) is 0 Å². The minimum absolute atomic E-state index is 0.0204. The van der Waals surface area contributed by atoms with Crippen LogP contribution in [0, 0.1) is 5.92 Å². The normalized spacial score (nSPS) is 16.6. The summed E-state index contributed by atoms with van der Waals surface area (Å²) in [5.41, 5.74) is 0. The van der Waals surface area contributed by atoms with Crippen molar-refractivity contribution < 1.29 is 9.90 Å². The maximum absolute atomic E-state index is 11.9. The fourth-order valence-electron chi connectivity index (χ4n) is 2.21. The van der Waals surface area contributed by atoms with Gasteiger partial charge in [-0.15, -0.1) is 11.3 Å². The molecule has 0 bridgehead atoms. The fourth-order valence-corrected chi connectivity index (χ4v) is 3.69. The molecule has 2 amide bonds. The van der Waals surface area contributed by atoms with Crippen molar-refractivity contribution in [1.82, 2.24) is 10.2 Å². The van der Waals surface area contributed by atoms with Crippen LogP contribution in [0.4, 0.5) is 4.79 Å². The van der Waals surface area contributed by atoms with Gasteiger partial charge in [-0.1, -0.05) is 0 Å². The first kappa shape index (κ1) is 14.8. The van der Waals surface area contributed by atoms with Crippen LogP contribution in [0.3, 0.4) is 0 Å². The highest BCUT2D eigenvalue weighted by atomic mass is 79.9. The second-order valence-electron chi connectivity index (χ2n) is 4.80. The molecule has 19 heavy (non-hydrogen) atoms. The van der Waals surface area contributed by atoms with Crippen molar-refractivity contribution in [3.63, 3.8) is 0 Å². The second-order valence-corrected chi connectivity index (χ2v) is 7.35. The third kappa shape index (κ3) is 4.47. The zero-order valence-corrected chi connectivity index (χ0v) is 13.2. The number of hydrogen-bond acceptors (Lipinski definition) is 3. The summed E-state index contributed by atoms with van der Waals surface area (Å²) in [6.45, 7) is 2.41. The molecule has 0 unspecified atom stereocenters. The van der Waals surface area contributed by atoms with E-state index in [-0.39, 0.29) is 12.6 Å². The molecular formula is C13H19BrN2O2S. The number of carbonyl (C=O) groups is 1. The number of thiophene rings is 1. The lowest BCUT2D eigenvalue weighted by molar-refractivity contribution is 0.137. The number of rotatable bonds is 4. The van der Waals surface area contributed by atoms with Gasteiger partial charge in [-0.2, -0.15) is 0 Å². The molecule has 0 aromatic carbocycles. The van der Waals surface area contributed by atoms with Crippen LogP contribution in [0.1, 0.15) is 17.7 Å². The van der Waals surface area contributed by atoms with E-state index in [1.54, 1.807) is 11.3 Å². The number of aliphatic hydroxyl groups is 1. The molecule has 106 valence electrons. The third-order valence-electron chi connectivity index (χ3n) is 3.44. The van der Waals surface area contributed by atoms with Crippen molar-refractivity contribution in [1.29, 1.82) is 0 Å². The Balaban J connectivity index is 1.67. The number of likely N-dealkylation sites (tertiary alicyclic amines) is 1. The second kappa shape index (κ2) is 7.26. The lowest BCUT2D eigenvalue weighted by atomic mass is 9.98. The SMILES string of the molecule is O=C(NCCc1ccc(Br)s1)N1CCC(CO)CC1. The van der Waals surface area contributed by atoms with Crippen molar-refractivity contribution >= 4 is 33.3 Å². The van der Waals surface area contributed by atoms with Crippen molar-refractivity contribution in [3.8, 4) is 0 Å². The molecule has 2 N–H and O–H groups in total. The number of hydrogen-bond donors (Lipinski definition) is 2. The van der Waals surface area contributed by atoms with Crippen LogP contribution >= 0.6 is 27.3 Å². The average molecular weight is 347 g/mol. The molecule has 1 fully saturated rings. The van der Waals surface area contributed by atoms with Crippen LogP contribution in [0.15, 0.2) is 15.9 Å². The third-order valence-corrected chi connectivity index (χ3v) is 5.12. The van der Waals surface area contributed by atoms with Gasteiger partial charge in [0, 0.05) is 31.1 Å². The predicted molar refractivity (Wildman–Crippen MR) is 80.5 cm³/mol. The van der Waals surface area contributed by atoms with E-state index in [2.05, 4.69) is 27.3 Å². The maximum Gasteiger partial charge on any atom is 0.317 e. The number of amides is 2. The molecule has 1 aliphatic heterocycles. The molecule has 2 heterocycles. The van der Waals surface area contributed by atoms with Crippen LogP contribution < -0.4 is 5.32 Å². The molecule has 1 aromatic rings. The Bertz CT molecular complexity index is 417. The predicted octanol–water partition coefficient (Wildman–Crippen LogP) is 2.47. The van der Waals surface area contributed by atoms with Crippen molar-refractivity contribution in [2.45, 2.75) is 19.3 Å². The molecule has 0 radical (unpaired) electrons. The summed E-state index contributed by atoms with van der Waals surface area (Å²) < 4.78 is 1.12. The molecular weight excluding hydrogens is 328 g/mol. The smallest absolute Gasteiger partial charge is 0.317 e. The molecule has 0 aliphatic carbocycles. The van der Waals surface area contributed by atoms with Gasteiger partial charge >= 0.3 is 6.03 Å². The molecule has 0 spiro atoms. The summed E-state index contributed by atoms with van der Waals surface area (Å²) >= 11 is 5.13. The molecule has 0 atom stereocenters. The summed E-state index contributed by atoms with van der Waals surface area (Å²) in [4.78, 5) is 15.0. The highest BCUT2D eigenvalue weighted by molar-refractivity contribution is 9.11. The number of halogens is 1. The van der Waals surface area contributed by atoms with Crippen molar-refractivity contribution in [2.75, 3.05) is 26.2 Å². The molecule has 1 aliphatic rings. The van der Waals surface area contributed by atoms with Crippen LogP contribution in [-0.2, 0) is 6.42 Å². The van der Waals surface area contributed by atoms with Crippen LogP contribution in [0.2, 0.25) is 0 Å². The average Bonchev–Trinajstić information content (AvgIpc) is 2.84. The Hall–Kier alpha value is -0.590. The number of aliphatic hydroxyl groups excluding tert-OH is 1. The first-order chi connectivity index (χ1) is 9.19. The minimum atomic E-state index is 0.0204. The number of carbonyl (C=O) groups excluding carboxylic acids is 1. The minimum Gasteiger partial charge on any atom is -0.396 e. The molecule has 1 saturated heterocycles. The first-order valence-corrected chi connectivity index (χ1v) is 8.18. The molecule has 4 nitrogen and oxygen atoms in total. The zero-order valence-electron chi connectivity index (χ0n) is 10.8. The summed E-state index contributed by atoms with van der Waals surface area (Å²) in [7, 11) is 0. The van der Waals surface area contributed by atoms with E-state index in [9.17, 15) is 4.79 Å². The lowest BCUT2D eigenvalue weighted by Gasteiger charge is -2.31. The van der Waals surface area contributed by atoms with Crippen LogP contribution in [0.5, 0.6) is 0 Å². The van der Waals surface area contributed by atoms with Gasteiger partial charge in [0.2, 0.25) is 0 Å². The summed E-state index contributed by atoms with van der Waals surface area (Å²) in [5.74, 6) is 0.368. The van der Waals surface area contributed by atoms with Crippen molar-refractivity contribution in [2.24, 2.45) is 5.92 Å². The topological polar surface area (TPSA) is 52.6 Å². The van der Waals surface area contributed by atoms with Crippen LogP contribution in [0.25, 0.3) is 0 Å². The van der Waals surface area contributed by atoms with Gasteiger partial charge < -0.3 is 15.3 Å². The van der Waals surface area contributed by atoms with E-state index in [0.717, 1.165) is 36.1 Å². The van der Waals surface area contributed by atoms with Gasteiger partial charge in [0.15, 0.2) is 0 Å². The Kier molecular flexibility index (Phi) is 5.66. The van der Waals surface area contributed by atoms with E-state index in [4.69, 9.17) is 5.11 Å². The Labute approximate surface area is 125 Å². The molecule has 2 rings (SSSR count). The highest BCUT2D eigenvalue weighted by Gasteiger charge is 2.21. The number of piperidine rings is 1. The summed E-state index contributed by atoms with van der Waals surface area (Å²) in [6.07, 6.45) is 2.68. The Morgan fingerprint density at radius 3 is 2.79 bits per heavy atom. The number of nitrogens with zero attached hydrogens (tertiary/aromatic N) is 1. The van der Waals surface area contributed by atoms with E-state index >= 15 is 0 Å². The quantitative estimate of drug-likeness (QED) is 0.879. The number of nitrogens with one attached hydrogen (secondary N) is 1. The van der Waals surface area contributed by atoms with E-state index < -0.39 is 0 Å². The van der Waals surface area contributed by atoms with Crippen LogP contribution in [-0.4, -0.2) is 42.3 Å². The highest BCUT2D eigenvalue weighted by Crippen LogP contribution is 2.22. The van der Waals surface area contributed by atoms with Gasteiger partial charge in [-0.05, 0) is 53.2 Å². The van der Waals surface area contributed by atoms with Gasteiger partial charge in [0.25, 0.3) is 0 Å². The van der Waals surface area contributed by atoms with Gasteiger partial charge in [-0.25, -0.2) is 4.79 Å². The summed E-state index contributed by atoms with van der Waals surface area (Å²) in [6, 6.07) is 4.13. The first-order valence-electron chi connectivity index (χ1n) is 6.57. The van der Waals surface area contributed by atoms with E-state index in [1.165, 1.54) is 4.88 Å². The molecule has 1 aromatic heterocycles. The van der Waals surface area contributed by atoms with Crippen molar-refractivity contribution in [3.05, 3.63) is 20.8 Å². The van der Waals surface area contributed by atoms with Gasteiger partial charge in [0.1, 0.15) is 0 Å². The number of urea groups is 1. The largest absolute Gasteiger partial charge is 0.396 e. The van der Waals surface area contributed by atoms with E-state index in [1.807, 2.05) is 11.0 Å². The van der Waals surface area contributed by atoms with E-state index in [0.29, 0.717) is 12.5 Å². The monoisotopic (exact) mass is 346 g/mol. The summed E-state index contributed by atoms with van der Waals surface area (Å²) in [5, 5.41) is 12.0. The zero-order chi connectivity index (χ0) is 13.7. The molecule has 0 saturated carbocycles. The van der Waals surface area contributed by atoms with Gasteiger partial charge in [0.05, 0.1) is 3.79 Å². The lowest BCUT2D eigenvalue weighted by Crippen LogP contribution is -2.45. The molecule has 6 heteroatoms. The Morgan fingerprint density at radius 1 is 1.47 bits per heavy atom. The fraction of sp³-hybridized carbons (Fsp3) is 0.615.